The Labute approximate surface area is 141 Å². The third-order valence-corrected chi connectivity index (χ3v) is 6.56. The van der Waals surface area contributed by atoms with Crippen molar-refractivity contribution >= 4 is 0 Å². The molecule has 2 aliphatic rings. The normalized spacial score (nSPS) is 31.2. The van der Waals surface area contributed by atoms with E-state index in [0.717, 1.165) is 17.9 Å². The van der Waals surface area contributed by atoms with Gasteiger partial charge in [-0.05, 0) is 44.4 Å². The van der Waals surface area contributed by atoms with Gasteiger partial charge in [0.2, 0.25) is 0 Å². The van der Waals surface area contributed by atoms with E-state index >= 15 is 0 Å². The van der Waals surface area contributed by atoms with Crippen LogP contribution in [0.3, 0.4) is 0 Å². The Balaban J connectivity index is 0.000000224. The van der Waals surface area contributed by atoms with E-state index in [1.807, 2.05) is 0 Å². The minimum Gasteiger partial charge on any atom is -0.328 e. The maximum Gasteiger partial charge on any atom is 0.0911 e. The minimum atomic E-state index is 0.920. The monoisotopic (exact) mass is 312 g/mol. The van der Waals surface area contributed by atoms with Crippen LogP contribution < -0.4 is 0 Å². The number of quaternary nitrogens is 2. The van der Waals surface area contributed by atoms with Gasteiger partial charge < -0.3 is 8.97 Å². The van der Waals surface area contributed by atoms with Crippen molar-refractivity contribution in [2.45, 2.75) is 71.8 Å². The molecular formula is C20H44N2+2. The highest BCUT2D eigenvalue weighted by atomic mass is 15.3. The molecule has 2 heterocycles. The highest BCUT2D eigenvalue weighted by Gasteiger charge is 2.36. The predicted molar refractivity (Wildman–Crippen MR) is 98.9 cm³/mol. The molecule has 2 saturated heterocycles. The van der Waals surface area contributed by atoms with Gasteiger partial charge in [0.25, 0.3) is 0 Å². The van der Waals surface area contributed by atoms with Gasteiger partial charge in [0.15, 0.2) is 0 Å². The fourth-order valence-electron chi connectivity index (χ4n) is 4.72. The van der Waals surface area contributed by atoms with Crippen molar-refractivity contribution in [3.05, 3.63) is 0 Å². The van der Waals surface area contributed by atoms with Gasteiger partial charge in [-0.1, -0.05) is 27.2 Å². The first kappa shape index (κ1) is 20.0. The van der Waals surface area contributed by atoms with Gasteiger partial charge in [-0.3, -0.25) is 0 Å². The van der Waals surface area contributed by atoms with Crippen LogP contribution in [0.15, 0.2) is 0 Å². The average molecular weight is 313 g/mol. The molecule has 0 radical (unpaired) electrons. The molecule has 22 heavy (non-hydrogen) atoms. The number of piperidine rings is 2. The molecule has 132 valence electrons. The first-order valence-corrected chi connectivity index (χ1v) is 9.90. The summed E-state index contributed by atoms with van der Waals surface area (Å²) in [5.41, 5.74) is 0. The van der Waals surface area contributed by atoms with Crippen LogP contribution in [0.2, 0.25) is 0 Å². The third-order valence-electron chi connectivity index (χ3n) is 6.56. The molecule has 0 aliphatic carbocycles. The van der Waals surface area contributed by atoms with Crippen LogP contribution in [0.5, 0.6) is 0 Å². The van der Waals surface area contributed by atoms with Gasteiger partial charge in [-0.15, -0.1) is 0 Å². The van der Waals surface area contributed by atoms with E-state index in [2.05, 4.69) is 49.0 Å². The number of rotatable bonds is 3. The SMILES string of the molecule is CCC1CCC[N+](C)(C)C1CC.CCC1CC[N+](C)(C)CC1. The molecule has 0 aromatic heterocycles. The Hall–Kier alpha value is -0.0800. The quantitative estimate of drug-likeness (QED) is 0.671. The highest BCUT2D eigenvalue weighted by molar-refractivity contribution is 4.72. The largest absolute Gasteiger partial charge is 0.328 e. The molecule has 2 heteroatoms. The summed E-state index contributed by atoms with van der Waals surface area (Å²) in [4.78, 5) is 0. The average Bonchev–Trinajstić information content (AvgIpc) is 2.46. The van der Waals surface area contributed by atoms with Gasteiger partial charge >= 0.3 is 0 Å². The van der Waals surface area contributed by atoms with Crippen molar-refractivity contribution in [3.63, 3.8) is 0 Å². The molecule has 0 aromatic rings. The lowest BCUT2D eigenvalue weighted by Gasteiger charge is -2.45. The van der Waals surface area contributed by atoms with Crippen molar-refractivity contribution in [1.82, 2.24) is 0 Å². The van der Waals surface area contributed by atoms with E-state index in [1.165, 1.54) is 73.5 Å². The van der Waals surface area contributed by atoms with Crippen molar-refractivity contribution in [2.24, 2.45) is 11.8 Å². The molecular weight excluding hydrogens is 268 g/mol. The molecule has 0 N–H and O–H groups in total. The zero-order valence-electron chi connectivity index (χ0n) is 16.7. The maximum atomic E-state index is 2.40. The second-order valence-corrected chi connectivity index (χ2v) is 9.02. The molecule has 0 aromatic carbocycles. The van der Waals surface area contributed by atoms with Crippen LogP contribution in [0.25, 0.3) is 0 Å². The molecule has 0 saturated carbocycles. The summed E-state index contributed by atoms with van der Waals surface area (Å²) in [6, 6.07) is 0.920. The lowest BCUT2D eigenvalue weighted by Crippen LogP contribution is -2.55. The summed E-state index contributed by atoms with van der Waals surface area (Å²) in [6.07, 6.45) is 9.91. The molecule has 2 rings (SSSR count). The fourth-order valence-corrected chi connectivity index (χ4v) is 4.72. The Morgan fingerprint density at radius 1 is 0.727 bits per heavy atom. The third kappa shape index (κ3) is 5.85. The van der Waals surface area contributed by atoms with Gasteiger partial charge in [0, 0.05) is 5.92 Å². The van der Waals surface area contributed by atoms with Crippen LogP contribution in [0.4, 0.5) is 0 Å². The van der Waals surface area contributed by atoms with Gasteiger partial charge in [-0.2, -0.15) is 0 Å². The lowest BCUT2D eigenvalue weighted by atomic mass is 9.84. The van der Waals surface area contributed by atoms with Crippen LogP contribution in [0, 0.1) is 11.8 Å². The van der Waals surface area contributed by atoms with Gasteiger partial charge in [0.05, 0.1) is 53.9 Å². The second kappa shape index (κ2) is 8.68. The summed E-state index contributed by atoms with van der Waals surface area (Å²) >= 11 is 0. The lowest BCUT2D eigenvalue weighted by molar-refractivity contribution is -0.924. The summed E-state index contributed by atoms with van der Waals surface area (Å²) < 4.78 is 2.51. The minimum absolute atomic E-state index is 0.920. The van der Waals surface area contributed by atoms with E-state index < -0.39 is 0 Å². The zero-order chi connectivity index (χ0) is 16.8. The summed E-state index contributed by atoms with van der Waals surface area (Å²) in [5, 5.41) is 0. The van der Waals surface area contributed by atoms with E-state index in [1.54, 1.807) is 0 Å². The second-order valence-electron chi connectivity index (χ2n) is 9.02. The smallest absolute Gasteiger partial charge is 0.0911 e. The number of hydrogen-bond acceptors (Lipinski definition) is 0. The molecule has 0 amide bonds. The van der Waals surface area contributed by atoms with Gasteiger partial charge in [-0.25, -0.2) is 0 Å². The van der Waals surface area contributed by atoms with Crippen molar-refractivity contribution < 1.29 is 8.97 Å². The molecule has 0 bridgehead atoms. The van der Waals surface area contributed by atoms with Crippen LogP contribution in [-0.4, -0.2) is 62.8 Å². The topological polar surface area (TPSA) is 0 Å². The first-order valence-electron chi connectivity index (χ1n) is 9.90. The number of likely N-dealkylation sites (tertiary alicyclic amines) is 2. The molecule has 2 atom stereocenters. The van der Waals surface area contributed by atoms with Crippen LogP contribution >= 0.6 is 0 Å². The Morgan fingerprint density at radius 3 is 1.73 bits per heavy atom. The summed E-state index contributed by atoms with van der Waals surface area (Å²) in [5.74, 6) is 2.02. The van der Waals surface area contributed by atoms with Crippen LogP contribution in [-0.2, 0) is 0 Å². The molecule has 2 aliphatic heterocycles. The fraction of sp³-hybridized carbons (Fsp3) is 1.00. The Bertz CT molecular complexity index is 299. The standard InChI is InChI=1S/C11H24N.C9H20N/c1-5-10-8-7-9-12(3,4)11(10)6-2;1-4-9-5-7-10(2,3)8-6-9/h10-11H,5-9H2,1-4H3;9H,4-8H2,1-3H3/q2*+1. The van der Waals surface area contributed by atoms with E-state index in [9.17, 15) is 0 Å². The first-order chi connectivity index (χ1) is 10.3. The number of hydrogen-bond donors (Lipinski definition) is 0. The predicted octanol–water partition coefficient (Wildman–Crippen LogP) is 4.54. The van der Waals surface area contributed by atoms with Crippen molar-refractivity contribution in [3.8, 4) is 0 Å². The van der Waals surface area contributed by atoms with Crippen molar-refractivity contribution in [2.75, 3.05) is 47.8 Å². The maximum absolute atomic E-state index is 2.40. The molecule has 0 spiro atoms. The van der Waals surface area contributed by atoms with Gasteiger partial charge in [0.1, 0.15) is 0 Å². The van der Waals surface area contributed by atoms with Crippen molar-refractivity contribution in [1.29, 1.82) is 0 Å². The Kier molecular flexibility index (Phi) is 7.88. The zero-order valence-corrected chi connectivity index (χ0v) is 16.7. The summed E-state index contributed by atoms with van der Waals surface area (Å²) in [7, 11) is 9.48. The Morgan fingerprint density at radius 2 is 1.32 bits per heavy atom. The molecule has 2 nitrogen and oxygen atoms in total. The molecule has 2 fully saturated rings. The van der Waals surface area contributed by atoms with E-state index in [-0.39, 0.29) is 0 Å². The highest BCUT2D eigenvalue weighted by Crippen LogP contribution is 2.31. The molecule has 2 unspecified atom stereocenters. The van der Waals surface area contributed by atoms with E-state index in [4.69, 9.17) is 0 Å². The number of nitrogens with zero attached hydrogens (tertiary/aromatic N) is 2. The summed E-state index contributed by atoms with van der Waals surface area (Å²) in [6.45, 7) is 11.2. The van der Waals surface area contributed by atoms with E-state index in [0.29, 0.717) is 0 Å². The van der Waals surface area contributed by atoms with Crippen LogP contribution in [0.1, 0.15) is 65.7 Å².